The van der Waals surface area contributed by atoms with Gasteiger partial charge in [0.15, 0.2) is 0 Å². The van der Waals surface area contributed by atoms with Gasteiger partial charge < -0.3 is 15.1 Å². The molecule has 0 bridgehead atoms. The minimum Gasteiger partial charge on any atom is -0.349 e. The Labute approximate surface area is 157 Å². The number of anilines is 1. The number of hydrogen-bond acceptors (Lipinski definition) is 4. The Morgan fingerprint density at radius 2 is 1.96 bits per heavy atom. The van der Waals surface area contributed by atoms with Gasteiger partial charge in [0.25, 0.3) is 5.91 Å². The first kappa shape index (κ1) is 17.2. The summed E-state index contributed by atoms with van der Waals surface area (Å²) in [6.07, 6.45) is 3.09. The molecule has 0 spiro atoms. The zero-order chi connectivity index (χ0) is 18.8. The maximum atomic E-state index is 13.1. The summed E-state index contributed by atoms with van der Waals surface area (Å²) in [4.78, 5) is 45.7. The fourth-order valence-corrected chi connectivity index (χ4v) is 3.66. The maximum Gasteiger partial charge on any atom is 0.256 e. The molecule has 1 atom stereocenters. The number of pyridine rings is 1. The van der Waals surface area contributed by atoms with Gasteiger partial charge in [-0.2, -0.15) is 0 Å². The summed E-state index contributed by atoms with van der Waals surface area (Å²) in [5.41, 5.74) is 1.70. The van der Waals surface area contributed by atoms with Crippen LogP contribution >= 0.6 is 0 Å². The number of amides is 3. The monoisotopic (exact) mass is 364 g/mol. The van der Waals surface area contributed by atoms with Gasteiger partial charge in [-0.15, -0.1) is 0 Å². The first-order chi connectivity index (χ1) is 13.1. The van der Waals surface area contributed by atoms with Gasteiger partial charge in [-0.05, 0) is 37.1 Å². The molecule has 1 unspecified atom stereocenters. The molecule has 1 aromatic carbocycles. The summed E-state index contributed by atoms with van der Waals surface area (Å²) in [6.45, 7) is 0.738. The maximum absolute atomic E-state index is 13.1. The average molecular weight is 364 g/mol. The van der Waals surface area contributed by atoms with Crippen molar-refractivity contribution in [3.05, 3.63) is 59.9 Å². The first-order valence-corrected chi connectivity index (χ1v) is 9.03. The third-order valence-electron chi connectivity index (χ3n) is 4.98. The molecule has 3 amide bonds. The highest BCUT2D eigenvalue weighted by atomic mass is 16.2. The predicted octanol–water partition coefficient (Wildman–Crippen LogP) is 1.35. The largest absolute Gasteiger partial charge is 0.349 e. The van der Waals surface area contributed by atoms with Crippen LogP contribution in [0.25, 0.3) is 0 Å². The summed E-state index contributed by atoms with van der Waals surface area (Å²) < 4.78 is 0. The van der Waals surface area contributed by atoms with Crippen molar-refractivity contribution in [1.29, 1.82) is 0 Å². The van der Waals surface area contributed by atoms with Crippen LogP contribution in [0.15, 0.2) is 48.7 Å². The molecule has 3 heterocycles. The topological polar surface area (TPSA) is 82.6 Å². The molecule has 138 valence electrons. The average Bonchev–Trinajstić information content (AvgIpc) is 3.17. The van der Waals surface area contributed by atoms with E-state index in [1.807, 2.05) is 18.2 Å². The van der Waals surface area contributed by atoms with E-state index in [0.29, 0.717) is 24.2 Å². The number of carbonyl (C=O) groups excluding carboxylic acids is 3. The van der Waals surface area contributed by atoms with Gasteiger partial charge in [0.1, 0.15) is 12.6 Å². The number of aromatic nitrogens is 1. The van der Waals surface area contributed by atoms with Gasteiger partial charge in [0, 0.05) is 12.7 Å². The van der Waals surface area contributed by atoms with E-state index in [9.17, 15) is 14.4 Å². The van der Waals surface area contributed by atoms with Gasteiger partial charge >= 0.3 is 0 Å². The Morgan fingerprint density at radius 3 is 2.78 bits per heavy atom. The van der Waals surface area contributed by atoms with Crippen LogP contribution in [0.5, 0.6) is 0 Å². The minimum absolute atomic E-state index is 0.125. The Balaban J connectivity index is 1.56. The SMILES string of the molecule is O=C(CN1C(=O)C2CCCN2C(=O)c2ccccc21)NCc1ccccn1. The van der Waals surface area contributed by atoms with E-state index in [-0.39, 0.29) is 30.8 Å². The Bertz CT molecular complexity index is 884. The van der Waals surface area contributed by atoms with E-state index in [1.165, 1.54) is 4.90 Å². The molecule has 0 saturated carbocycles. The standard InChI is InChI=1S/C20H20N4O3/c25-18(22-12-14-6-3-4-10-21-14)13-24-16-8-2-1-7-15(16)19(26)23-11-5-9-17(23)20(24)27/h1-4,6-8,10,17H,5,9,11-13H2,(H,22,25). The van der Waals surface area contributed by atoms with Crippen LogP contribution in [0.4, 0.5) is 5.69 Å². The minimum atomic E-state index is -0.492. The molecule has 4 rings (SSSR count). The highest BCUT2D eigenvalue weighted by Crippen LogP contribution is 2.32. The van der Waals surface area contributed by atoms with E-state index in [0.717, 1.165) is 12.1 Å². The van der Waals surface area contributed by atoms with Crippen LogP contribution < -0.4 is 10.2 Å². The molecule has 7 nitrogen and oxygen atoms in total. The normalized spacial score (nSPS) is 18.7. The molecular formula is C20H20N4O3. The third-order valence-corrected chi connectivity index (χ3v) is 4.98. The lowest BCUT2D eigenvalue weighted by Gasteiger charge is -2.25. The van der Waals surface area contributed by atoms with Crippen molar-refractivity contribution in [3.63, 3.8) is 0 Å². The van der Waals surface area contributed by atoms with Gasteiger partial charge in [0.2, 0.25) is 11.8 Å². The molecule has 0 radical (unpaired) electrons. The van der Waals surface area contributed by atoms with E-state index < -0.39 is 6.04 Å². The molecule has 2 aliphatic rings. The number of nitrogens with zero attached hydrogens (tertiary/aromatic N) is 3. The van der Waals surface area contributed by atoms with Crippen LogP contribution in [0.3, 0.4) is 0 Å². The number of hydrogen-bond donors (Lipinski definition) is 1. The highest BCUT2D eigenvalue weighted by molar-refractivity contribution is 6.12. The molecule has 1 N–H and O–H groups in total. The first-order valence-electron chi connectivity index (χ1n) is 9.03. The quantitative estimate of drug-likeness (QED) is 0.888. The van der Waals surface area contributed by atoms with Crippen LogP contribution in [-0.4, -0.2) is 46.7 Å². The smallest absolute Gasteiger partial charge is 0.256 e. The molecule has 7 heteroatoms. The van der Waals surface area contributed by atoms with Crippen LogP contribution in [-0.2, 0) is 16.1 Å². The van der Waals surface area contributed by atoms with Crippen molar-refractivity contribution in [2.75, 3.05) is 18.0 Å². The van der Waals surface area contributed by atoms with Crippen LogP contribution in [0.1, 0.15) is 28.9 Å². The zero-order valence-corrected chi connectivity index (χ0v) is 14.8. The van der Waals surface area contributed by atoms with Crippen molar-refractivity contribution in [2.24, 2.45) is 0 Å². The fourth-order valence-electron chi connectivity index (χ4n) is 3.66. The third kappa shape index (κ3) is 3.28. The second-order valence-corrected chi connectivity index (χ2v) is 6.70. The van der Waals surface area contributed by atoms with E-state index in [1.54, 1.807) is 35.4 Å². The number of fused-ring (bicyclic) bond motifs is 2. The number of nitrogens with one attached hydrogen (secondary N) is 1. The summed E-state index contributed by atoms with van der Waals surface area (Å²) in [6, 6.07) is 12.0. The zero-order valence-electron chi connectivity index (χ0n) is 14.8. The van der Waals surface area contributed by atoms with Crippen LogP contribution in [0.2, 0.25) is 0 Å². The number of para-hydroxylation sites is 1. The van der Waals surface area contributed by atoms with Gasteiger partial charge in [-0.1, -0.05) is 18.2 Å². The number of carbonyl (C=O) groups is 3. The van der Waals surface area contributed by atoms with Crippen molar-refractivity contribution < 1.29 is 14.4 Å². The summed E-state index contributed by atoms with van der Waals surface area (Å²) in [5.74, 6) is -0.626. The summed E-state index contributed by atoms with van der Waals surface area (Å²) in [7, 11) is 0. The molecule has 27 heavy (non-hydrogen) atoms. The van der Waals surface area contributed by atoms with Gasteiger partial charge in [-0.3, -0.25) is 19.4 Å². The van der Waals surface area contributed by atoms with Crippen molar-refractivity contribution >= 4 is 23.4 Å². The van der Waals surface area contributed by atoms with E-state index in [4.69, 9.17) is 0 Å². The summed E-state index contributed by atoms with van der Waals surface area (Å²) >= 11 is 0. The molecule has 1 saturated heterocycles. The van der Waals surface area contributed by atoms with Gasteiger partial charge in [0.05, 0.1) is 23.5 Å². The molecule has 2 aromatic rings. The van der Waals surface area contributed by atoms with Crippen molar-refractivity contribution in [2.45, 2.75) is 25.4 Å². The second kappa shape index (κ2) is 7.19. The predicted molar refractivity (Wildman–Crippen MR) is 98.9 cm³/mol. The molecule has 1 fully saturated rings. The fraction of sp³-hybridized carbons (Fsp3) is 0.300. The second-order valence-electron chi connectivity index (χ2n) is 6.70. The van der Waals surface area contributed by atoms with Crippen molar-refractivity contribution in [3.8, 4) is 0 Å². The van der Waals surface area contributed by atoms with E-state index in [2.05, 4.69) is 10.3 Å². The number of rotatable bonds is 4. The molecule has 2 aliphatic heterocycles. The highest BCUT2D eigenvalue weighted by Gasteiger charge is 2.42. The Kier molecular flexibility index (Phi) is 4.58. The lowest BCUT2D eigenvalue weighted by atomic mass is 10.1. The lowest BCUT2D eigenvalue weighted by molar-refractivity contribution is -0.125. The Hall–Kier alpha value is -3.22. The molecular weight excluding hydrogens is 344 g/mol. The molecule has 0 aliphatic carbocycles. The summed E-state index contributed by atoms with van der Waals surface area (Å²) in [5, 5.41) is 2.80. The lowest BCUT2D eigenvalue weighted by Crippen LogP contribution is -2.48. The van der Waals surface area contributed by atoms with E-state index >= 15 is 0 Å². The van der Waals surface area contributed by atoms with Gasteiger partial charge in [-0.25, -0.2) is 0 Å². The molecule has 1 aromatic heterocycles. The Morgan fingerprint density at radius 1 is 1.15 bits per heavy atom. The van der Waals surface area contributed by atoms with Crippen molar-refractivity contribution in [1.82, 2.24) is 15.2 Å². The van der Waals surface area contributed by atoms with Crippen LogP contribution in [0, 0.1) is 0 Å². The number of benzene rings is 1.